The predicted octanol–water partition coefficient (Wildman–Crippen LogP) is 10.1. The van der Waals surface area contributed by atoms with Crippen molar-refractivity contribution < 1.29 is 8.78 Å². The molecule has 2 heterocycles. The SMILES string of the molecule is Cc1ccc(Sc2ccc(C)c(F)c2)c(C2CCNCC2)c1.Cc1ccc(Sc2cccc(F)c2C)c(C2CCNCC2)c1. The molecule has 0 radical (unpaired) electrons. The summed E-state index contributed by atoms with van der Waals surface area (Å²) in [6.45, 7) is 12.3. The van der Waals surface area contributed by atoms with Gasteiger partial charge in [-0.3, -0.25) is 0 Å². The van der Waals surface area contributed by atoms with E-state index in [1.807, 2.05) is 25.1 Å². The second-order valence-electron chi connectivity index (χ2n) is 12.1. The van der Waals surface area contributed by atoms with Gasteiger partial charge in [0, 0.05) is 19.6 Å². The monoisotopic (exact) mass is 630 g/mol. The second kappa shape index (κ2) is 15.6. The highest BCUT2D eigenvalue weighted by molar-refractivity contribution is 7.99. The zero-order valence-corrected chi connectivity index (χ0v) is 27.9. The average Bonchev–Trinajstić information content (AvgIpc) is 3.04. The van der Waals surface area contributed by atoms with Gasteiger partial charge in [0.2, 0.25) is 0 Å². The lowest BCUT2D eigenvalue weighted by atomic mass is 9.89. The Hall–Kier alpha value is -2.64. The van der Waals surface area contributed by atoms with Crippen LogP contribution in [-0.4, -0.2) is 26.2 Å². The van der Waals surface area contributed by atoms with Gasteiger partial charge in [0.15, 0.2) is 0 Å². The molecule has 4 aromatic carbocycles. The molecule has 6 heteroatoms. The van der Waals surface area contributed by atoms with E-state index < -0.39 is 0 Å². The Kier molecular flexibility index (Phi) is 11.6. The molecule has 0 aromatic heterocycles. The van der Waals surface area contributed by atoms with E-state index in [-0.39, 0.29) is 11.6 Å². The van der Waals surface area contributed by atoms with Crippen molar-refractivity contribution in [3.05, 3.63) is 118 Å². The predicted molar refractivity (Wildman–Crippen MR) is 183 cm³/mol. The first-order valence-electron chi connectivity index (χ1n) is 15.8. The summed E-state index contributed by atoms with van der Waals surface area (Å²) in [4.78, 5) is 4.52. The van der Waals surface area contributed by atoms with Crippen molar-refractivity contribution in [3.8, 4) is 0 Å². The van der Waals surface area contributed by atoms with Crippen LogP contribution in [-0.2, 0) is 0 Å². The zero-order chi connectivity index (χ0) is 31.1. The van der Waals surface area contributed by atoms with Gasteiger partial charge in [0.25, 0.3) is 0 Å². The number of hydrogen-bond acceptors (Lipinski definition) is 4. The van der Waals surface area contributed by atoms with E-state index in [0.717, 1.165) is 41.5 Å². The van der Waals surface area contributed by atoms with Crippen LogP contribution in [0.3, 0.4) is 0 Å². The Morgan fingerprint density at radius 3 is 1.66 bits per heavy atom. The van der Waals surface area contributed by atoms with E-state index in [1.165, 1.54) is 63.8 Å². The average molecular weight is 631 g/mol. The number of nitrogens with one attached hydrogen (secondary N) is 2. The summed E-state index contributed by atoms with van der Waals surface area (Å²) in [6.07, 6.45) is 4.72. The van der Waals surface area contributed by atoms with E-state index in [1.54, 1.807) is 42.6 Å². The van der Waals surface area contributed by atoms with Crippen LogP contribution in [0.25, 0.3) is 0 Å². The minimum Gasteiger partial charge on any atom is -0.317 e. The van der Waals surface area contributed by atoms with Gasteiger partial charge in [0.05, 0.1) is 0 Å². The standard InChI is InChI=1S/2C19H22FNS/c1-13-3-6-19(17(11-13)15-7-9-21-10-8-15)22-16-5-4-14(2)18(20)12-16;1-13-6-7-19(16(12-13)15-8-10-21-11-9-15)22-18-5-3-4-17(20)14(18)2/h3-6,11-12,15,21H,7-10H2,1-2H3;3-7,12,15,21H,8-11H2,1-2H3. The maximum Gasteiger partial charge on any atom is 0.127 e. The van der Waals surface area contributed by atoms with Crippen molar-refractivity contribution in [2.24, 2.45) is 0 Å². The van der Waals surface area contributed by atoms with Crippen LogP contribution >= 0.6 is 23.5 Å². The fourth-order valence-electron chi connectivity index (χ4n) is 6.01. The third-order valence-corrected chi connectivity index (χ3v) is 11.0. The van der Waals surface area contributed by atoms with E-state index in [4.69, 9.17) is 0 Å². The van der Waals surface area contributed by atoms with Crippen LogP contribution in [0.15, 0.2) is 92.4 Å². The quantitative estimate of drug-likeness (QED) is 0.221. The molecule has 232 valence electrons. The highest BCUT2D eigenvalue weighted by atomic mass is 32.2. The number of halogens is 2. The summed E-state index contributed by atoms with van der Waals surface area (Å²) < 4.78 is 27.6. The van der Waals surface area contributed by atoms with Gasteiger partial charge in [0.1, 0.15) is 11.6 Å². The largest absolute Gasteiger partial charge is 0.317 e. The molecule has 0 amide bonds. The smallest absolute Gasteiger partial charge is 0.127 e. The molecule has 0 saturated carbocycles. The molecule has 2 aliphatic heterocycles. The van der Waals surface area contributed by atoms with Crippen LogP contribution in [0.4, 0.5) is 8.78 Å². The Balaban J connectivity index is 0.000000175. The van der Waals surface area contributed by atoms with E-state index in [9.17, 15) is 8.78 Å². The summed E-state index contributed by atoms with van der Waals surface area (Å²) in [5, 5.41) is 6.85. The zero-order valence-electron chi connectivity index (χ0n) is 26.3. The fourth-order valence-corrected chi connectivity index (χ4v) is 8.15. The topological polar surface area (TPSA) is 24.1 Å². The minimum absolute atomic E-state index is 0.125. The summed E-state index contributed by atoms with van der Waals surface area (Å²) in [7, 11) is 0. The Labute approximate surface area is 270 Å². The third-order valence-electron chi connectivity index (χ3n) is 8.70. The molecular formula is C38H44F2N2S2. The molecule has 2 fully saturated rings. The first-order chi connectivity index (χ1) is 21.3. The molecule has 4 aromatic rings. The second-order valence-corrected chi connectivity index (χ2v) is 14.3. The maximum absolute atomic E-state index is 13.8. The summed E-state index contributed by atoms with van der Waals surface area (Å²) in [5.74, 6) is 0.970. The van der Waals surface area contributed by atoms with E-state index in [0.29, 0.717) is 17.4 Å². The van der Waals surface area contributed by atoms with Crippen molar-refractivity contribution in [1.82, 2.24) is 10.6 Å². The van der Waals surface area contributed by atoms with E-state index >= 15 is 0 Å². The molecular weight excluding hydrogens is 587 g/mol. The molecule has 44 heavy (non-hydrogen) atoms. The molecule has 0 spiro atoms. The Bertz CT molecular complexity index is 1560. The van der Waals surface area contributed by atoms with Gasteiger partial charge in [-0.25, -0.2) is 8.78 Å². The van der Waals surface area contributed by atoms with Gasteiger partial charge in [-0.15, -0.1) is 0 Å². The lowest BCUT2D eigenvalue weighted by Gasteiger charge is -2.25. The lowest BCUT2D eigenvalue weighted by molar-refractivity contribution is 0.456. The Morgan fingerprint density at radius 2 is 1.11 bits per heavy atom. The highest BCUT2D eigenvalue weighted by Crippen LogP contribution is 2.40. The van der Waals surface area contributed by atoms with Gasteiger partial charge in [-0.1, -0.05) is 71.0 Å². The van der Waals surface area contributed by atoms with Crippen molar-refractivity contribution in [3.63, 3.8) is 0 Å². The molecule has 2 saturated heterocycles. The van der Waals surface area contributed by atoms with Crippen molar-refractivity contribution in [1.29, 1.82) is 0 Å². The van der Waals surface area contributed by atoms with E-state index in [2.05, 4.69) is 60.9 Å². The fraction of sp³-hybridized carbons (Fsp3) is 0.368. The van der Waals surface area contributed by atoms with Crippen LogP contribution in [0.5, 0.6) is 0 Å². The lowest BCUT2D eigenvalue weighted by Crippen LogP contribution is -2.26. The summed E-state index contributed by atoms with van der Waals surface area (Å²) in [5.41, 5.74) is 6.89. The van der Waals surface area contributed by atoms with Gasteiger partial charge in [-0.05, 0) is 150 Å². The molecule has 2 nitrogen and oxygen atoms in total. The first kappa shape index (κ1) is 32.7. The number of benzene rings is 4. The molecule has 0 bridgehead atoms. The molecule has 0 atom stereocenters. The van der Waals surface area contributed by atoms with Crippen LogP contribution < -0.4 is 10.6 Å². The highest BCUT2D eigenvalue weighted by Gasteiger charge is 2.20. The maximum atomic E-state index is 13.8. The third kappa shape index (κ3) is 8.54. The van der Waals surface area contributed by atoms with Crippen molar-refractivity contribution in [2.45, 2.75) is 84.8 Å². The van der Waals surface area contributed by atoms with Gasteiger partial charge < -0.3 is 10.6 Å². The molecule has 2 aliphatic rings. The first-order valence-corrected chi connectivity index (χ1v) is 17.4. The summed E-state index contributed by atoms with van der Waals surface area (Å²) in [6, 6.07) is 24.2. The summed E-state index contributed by atoms with van der Waals surface area (Å²) >= 11 is 3.38. The van der Waals surface area contributed by atoms with Crippen LogP contribution in [0.1, 0.15) is 70.9 Å². The number of rotatable bonds is 6. The number of piperidine rings is 2. The minimum atomic E-state index is -0.125. The molecule has 0 aliphatic carbocycles. The molecule has 6 rings (SSSR count). The van der Waals surface area contributed by atoms with Gasteiger partial charge >= 0.3 is 0 Å². The molecule has 2 N–H and O–H groups in total. The number of hydrogen-bond donors (Lipinski definition) is 2. The Morgan fingerprint density at radius 1 is 0.568 bits per heavy atom. The normalized spacial score (nSPS) is 16.0. The van der Waals surface area contributed by atoms with Gasteiger partial charge in [-0.2, -0.15) is 0 Å². The van der Waals surface area contributed by atoms with Crippen molar-refractivity contribution >= 4 is 23.5 Å². The van der Waals surface area contributed by atoms with Crippen LogP contribution in [0.2, 0.25) is 0 Å². The molecule has 0 unspecified atom stereocenters. The van der Waals surface area contributed by atoms with Crippen LogP contribution in [0, 0.1) is 39.3 Å². The number of aryl methyl sites for hydroxylation is 3. The van der Waals surface area contributed by atoms with Crippen molar-refractivity contribution in [2.75, 3.05) is 26.2 Å².